The molecule has 2 aromatic heterocycles. The van der Waals surface area contributed by atoms with Crippen LogP contribution in [0.3, 0.4) is 0 Å². The number of carbonyl (C=O) groups is 1. The maximum atomic E-state index is 11.8. The van der Waals surface area contributed by atoms with Crippen LogP contribution in [0.15, 0.2) is 49.2 Å². The monoisotopic (exact) mass is 256 g/mol. The van der Waals surface area contributed by atoms with E-state index in [0.717, 1.165) is 12.2 Å². The van der Waals surface area contributed by atoms with Gasteiger partial charge < -0.3 is 5.32 Å². The average molecular weight is 256 g/mol. The molecule has 19 heavy (non-hydrogen) atoms. The highest BCUT2D eigenvalue weighted by atomic mass is 16.1. The Labute approximate surface area is 112 Å². The summed E-state index contributed by atoms with van der Waals surface area (Å²) in [6, 6.07) is 3.55. The predicted molar refractivity (Wildman–Crippen MR) is 73.1 cm³/mol. The molecule has 0 aromatic carbocycles. The topological polar surface area (TPSA) is 59.8 Å². The minimum atomic E-state index is -0.103. The fraction of sp³-hybridized carbons (Fsp3) is 0.214. The smallest absolute Gasteiger partial charge is 0.252 e. The van der Waals surface area contributed by atoms with Crippen LogP contribution in [0.2, 0.25) is 0 Å². The minimum absolute atomic E-state index is 0.103. The molecule has 0 spiro atoms. The fourth-order valence-electron chi connectivity index (χ4n) is 1.61. The van der Waals surface area contributed by atoms with E-state index >= 15 is 0 Å². The molecule has 5 heteroatoms. The van der Waals surface area contributed by atoms with Crippen molar-refractivity contribution in [3.05, 3.63) is 54.8 Å². The van der Waals surface area contributed by atoms with Gasteiger partial charge in [-0.05, 0) is 25.5 Å². The molecular weight excluding hydrogens is 240 g/mol. The number of pyridine rings is 1. The maximum absolute atomic E-state index is 11.8. The van der Waals surface area contributed by atoms with Crippen molar-refractivity contribution in [3.8, 4) is 5.82 Å². The highest BCUT2D eigenvalue weighted by Crippen LogP contribution is 2.05. The Morgan fingerprint density at radius 3 is 3.00 bits per heavy atom. The molecule has 0 bridgehead atoms. The summed E-state index contributed by atoms with van der Waals surface area (Å²) in [7, 11) is 0. The number of hydrogen-bond donors (Lipinski definition) is 1. The van der Waals surface area contributed by atoms with Gasteiger partial charge in [-0.3, -0.25) is 9.36 Å². The zero-order valence-electron chi connectivity index (χ0n) is 10.8. The molecule has 2 aromatic rings. The molecule has 0 atom stereocenters. The molecule has 0 aliphatic rings. The molecule has 1 N–H and O–H groups in total. The quantitative estimate of drug-likeness (QED) is 0.657. The first kappa shape index (κ1) is 13.0. The molecule has 98 valence electrons. The van der Waals surface area contributed by atoms with E-state index in [1.54, 1.807) is 41.6 Å². The van der Waals surface area contributed by atoms with Crippen LogP contribution >= 0.6 is 0 Å². The first-order chi connectivity index (χ1) is 9.31. The molecule has 0 aliphatic heterocycles. The van der Waals surface area contributed by atoms with Gasteiger partial charge in [-0.25, -0.2) is 9.97 Å². The van der Waals surface area contributed by atoms with Crippen LogP contribution in [0.4, 0.5) is 0 Å². The number of imidazole rings is 1. The highest BCUT2D eigenvalue weighted by Gasteiger charge is 2.05. The zero-order valence-corrected chi connectivity index (χ0v) is 10.8. The standard InChI is InChI=1S/C14H16N4O/c1-2-3-4-7-16-14(19)12-5-6-13(17-10-12)18-9-8-15-11-18/h2-3,5-6,8-11H,4,7H2,1H3,(H,16,19)/b3-2+. The van der Waals surface area contributed by atoms with Gasteiger partial charge in [0.15, 0.2) is 0 Å². The van der Waals surface area contributed by atoms with Crippen molar-refractivity contribution in [3.63, 3.8) is 0 Å². The molecule has 1 amide bonds. The van der Waals surface area contributed by atoms with Gasteiger partial charge in [0.2, 0.25) is 0 Å². The second-order valence-corrected chi connectivity index (χ2v) is 3.99. The summed E-state index contributed by atoms with van der Waals surface area (Å²) in [5.74, 6) is 0.636. The number of nitrogens with one attached hydrogen (secondary N) is 1. The molecule has 0 saturated carbocycles. The van der Waals surface area contributed by atoms with Gasteiger partial charge in [-0.15, -0.1) is 0 Å². The maximum Gasteiger partial charge on any atom is 0.252 e. The molecule has 5 nitrogen and oxygen atoms in total. The Morgan fingerprint density at radius 1 is 1.47 bits per heavy atom. The van der Waals surface area contributed by atoms with E-state index in [1.165, 1.54) is 0 Å². The third-order valence-corrected chi connectivity index (χ3v) is 2.61. The molecule has 0 unspecified atom stereocenters. The summed E-state index contributed by atoms with van der Waals surface area (Å²) in [4.78, 5) is 20.0. The zero-order chi connectivity index (χ0) is 13.5. The number of nitrogens with zero attached hydrogens (tertiary/aromatic N) is 3. The normalized spacial score (nSPS) is 10.8. The van der Waals surface area contributed by atoms with E-state index in [9.17, 15) is 4.79 Å². The lowest BCUT2D eigenvalue weighted by atomic mass is 10.2. The van der Waals surface area contributed by atoms with Crippen molar-refractivity contribution in [1.29, 1.82) is 0 Å². The summed E-state index contributed by atoms with van der Waals surface area (Å²) in [6.45, 7) is 2.59. The summed E-state index contributed by atoms with van der Waals surface area (Å²) in [6.07, 6.45) is 11.5. The summed E-state index contributed by atoms with van der Waals surface area (Å²) < 4.78 is 1.79. The van der Waals surface area contributed by atoms with Crippen molar-refractivity contribution < 1.29 is 4.79 Å². The average Bonchev–Trinajstić information content (AvgIpc) is 2.98. The molecule has 0 saturated heterocycles. The third-order valence-electron chi connectivity index (χ3n) is 2.61. The Bertz CT molecular complexity index is 543. The first-order valence-corrected chi connectivity index (χ1v) is 6.15. The second kappa shape index (κ2) is 6.49. The number of rotatable bonds is 5. The number of carbonyl (C=O) groups excluding carboxylic acids is 1. The second-order valence-electron chi connectivity index (χ2n) is 3.99. The van der Waals surface area contributed by atoms with Crippen LogP contribution < -0.4 is 5.32 Å². The molecule has 2 rings (SSSR count). The number of amides is 1. The van der Waals surface area contributed by atoms with E-state index in [-0.39, 0.29) is 5.91 Å². The molecule has 0 fully saturated rings. The third kappa shape index (κ3) is 3.51. The molecule has 2 heterocycles. The van der Waals surface area contributed by atoms with E-state index in [4.69, 9.17) is 0 Å². The van der Waals surface area contributed by atoms with Crippen LogP contribution in [0.5, 0.6) is 0 Å². The van der Waals surface area contributed by atoms with Crippen LogP contribution in [-0.2, 0) is 0 Å². The van der Waals surface area contributed by atoms with Crippen molar-refractivity contribution in [1.82, 2.24) is 19.9 Å². The Morgan fingerprint density at radius 2 is 2.37 bits per heavy atom. The first-order valence-electron chi connectivity index (χ1n) is 6.15. The number of aromatic nitrogens is 3. The Balaban J connectivity index is 1.96. The van der Waals surface area contributed by atoms with Crippen LogP contribution in [0.25, 0.3) is 5.82 Å². The number of allylic oxidation sites excluding steroid dienone is 1. The van der Waals surface area contributed by atoms with E-state index in [0.29, 0.717) is 12.1 Å². The summed E-state index contributed by atoms with van der Waals surface area (Å²) in [5, 5.41) is 2.84. The Kier molecular flexibility index (Phi) is 4.44. The van der Waals surface area contributed by atoms with Gasteiger partial charge in [0.05, 0.1) is 5.56 Å². The lowest BCUT2D eigenvalue weighted by Gasteiger charge is -2.05. The fourth-order valence-corrected chi connectivity index (χ4v) is 1.61. The molecule has 0 aliphatic carbocycles. The predicted octanol–water partition coefficient (Wildman–Crippen LogP) is 1.96. The van der Waals surface area contributed by atoms with Crippen molar-refractivity contribution in [2.75, 3.05) is 6.54 Å². The minimum Gasteiger partial charge on any atom is -0.352 e. The SMILES string of the molecule is C/C=C/CCNC(=O)c1ccc(-n2ccnc2)nc1. The van der Waals surface area contributed by atoms with Crippen LogP contribution in [0, 0.1) is 0 Å². The van der Waals surface area contributed by atoms with Crippen LogP contribution in [0.1, 0.15) is 23.7 Å². The van der Waals surface area contributed by atoms with E-state index < -0.39 is 0 Å². The lowest BCUT2D eigenvalue weighted by molar-refractivity contribution is 0.0954. The molecule has 0 radical (unpaired) electrons. The van der Waals surface area contributed by atoms with E-state index in [2.05, 4.69) is 15.3 Å². The van der Waals surface area contributed by atoms with Gasteiger partial charge in [0.1, 0.15) is 12.1 Å². The summed E-state index contributed by atoms with van der Waals surface area (Å²) >= 11 is 0. The van der Waals surface area contributed by atoms with Gasteiger partial charge in [-0.2, -0.15) is 0 Å². The molecular formula is C14H16N4O. The van der Waals surface area contributed by atoms with Gasteiger partial charge in [0.25, 0.3) is 5.91 Å². The van der Waals surface area contributed by atoms with Gasteiger partial charge in [0, 0.05) is 25.1 Å². The van der Waals surface area contributed by atoms with E-state index in [1.807, 2.05) is 19.1 Å². The van der Waals surface area contributed by atoms with Crippen molar-refractivity contribution in [2.45, 2.75) is 13.3 Å². The Hall–Kier alpha value is -2.43. The van der Waals surface area contributed by atoms with Gasteiger partial charge >= 0.3 is 0 Å². The lowest BCUT2D eigenvalue weighted by Crippen LogP contribution is -2.24. The largest absolute Gasteiger partial charge is 0.352 e. The van der Waals surface area contributed by atoms with Gasteiger partial charge in [-0.1, -0.05) is 12.2 Å². The highest BCUT2D eigenvalue weighted by molar-refractivity contribution is 5.93. The van der Waals surface area contributed by atoms with Crippen molar-refractivity contribution >= 4 is 5.91 Å². The van der Waals surface area contributed by atoms with Crippen molar-refractivity contribution in [2.24, 2.45) is 0 Å². The number of hydrogen-bond acceptors (Lipinski definition) is 3. The van der Waals surface area contributed by atoms with Crippen LogP contribution in [-0.4, -0.2) is 27.0 Å². The summed E-state index contributed by atoms with van der Waals surface area (Å²) in [5.41, 5.74) is 0.560.